The summed E-state index contributed by atoms with van der Waals surface area (Å²) in [5.74, 6) is 2.62. The van der Waals surface area contributed by atoms with Crippen LogP contribution >= 0.6 is 0 Å². The van der Waals surface area contributed by atoms with E-state index in [0.717, 1.165) is 5.92 Å². The first kappa shape index (κ1) is 13.4. The first-order valence-corrected chi connectivity index (χ1v) is 7.34. The lowest BCUT2D eigenvalue weighted by atomic mass is 10.0. The van der Waals surface area contributed by atoms with Gasteiger partial charge in [0.25, 0.3) is 0 Å². The van der Waals surface area contributed by atoms with Crippen LogP contribution in [0.2, 0.25) is 0 Å². The summed E-state index contributed by atoms with van der Waals surface area (Å²) in [5, 5.41) is 0. The average molecular weight is 246 g/mol. The summed E-state index contributed by atoms with van der Waals surface area (Å²) in [6.07, 6.45) is 4.00. The predicted molar refractivity (Wildman–Crippen MR) is 78.3 cm³/mol. The first-order chi connectivity index (χ1) is 8.61. The number of aromatic nitrogens is 1. The number of rotatable bonds is 4. The molecule has 18 heavy (non-hydrogen) atoms. The van der Waals surface area contributed by atoms with E-state index >= 15 is 0 Å². The molecule has 0 radical (unpaired) electrons. The topological polar surface area (TPSA) is 16.1 Å². The highest BCUT2D eigenvalue weighted by atomic mass is 15.2. The van der Waals surface area contributed by atoms with Gasteiger partial charge in [0.2, 0.25) is 0 Å². The van der Waals surface area contributed by atoms with E-state index in [-0.39, 0.29) is 0 Å². The summed E-state index contributed by atoms with van der Waals surface area (Å²) in [6, 6.07) is 4.46. The molecule has 2 nitrogen and oxygen atoms in total. The lowest BCUT2D eigenvalue weighted by Crippen LogP contribution is -2.21. The van der Waals surface area contributed by atoms with Gasteiger partial charge in [-0.1, -0.05) is 33.3 Å². The number of hydrogen-bond acceptors (Lipinski definition) is 2. The van der Waals surface area contributed by atoms with Crippen molar-refractivity contribution in [1.82, 2.24) is 4.98 Å². The maximum Gasteiger partial charge on any atom is 0.128 e. The van der Waals surface area contributed by atoms with Crippen LogP contribution in [0.5, 0.6) is 0 Å². The fourth-order valence-corrected chi connectivity index (χ4v) is 3.03. The highest BCUT2D eigenvalue weighted by Gasteiger charge is 2.23. The molecule has 1 saturated heterocycles. The van der Waals surface area contributed by atoms with Crippen molar-refractivity contribution in [3.8, 4) is 0 Å². The number of hydrogen-bond donors (Lipinski definition) is 0. The smallest absolute Gasteiger partial charge is 0.128 e. The van der Waals surface area contributed by atoms with Crippen LogP contribution in [0.4, 0.5) is 5.82 Å². The summed E-state index contributed by atoms with van der Waals surface area (Å²) in [7, 11) is 0. The van der Waals surface area contributed by atoms with Crippen molar-refractivity contribution in [1.29, 1.82) is 0 Å². The minimum absolute atomic E-state index is 0.568. The molecule has 0 spiro atoms. The van der Waals surface area contributed by atoms with E-state index in [2.05, 4.69) is 44.7 Å². The number of anilines is 1. The third-order valence-electron chi connectivity index (χ3n) is 4.04. The van der Waals surface area contributed by atoms with E-state index in [4.69, 9.17) is 4.98 Å². The van der Waals surface area contributed by atoms with Gasteiger partial charge in [-0.3, -0.25) is 0 Å². The van der Waals surface area contributed by atoms with Crippen LogP contribution in [-0.4, -0.2) is 18.1 Å². The van der Waals surface area contributed by atoms with E-state index in [1.165, 1.54) is 49.4 Å². The van der Waals surface area contributed by atoms with E-state index in [1.54, 1.807) is 0 Å². The Morgan fingerprint density at radius 2 is 2.17 bits per heavy atom. The SMILES string of the molecule is CCCC1CCN(c2ccc(C(C)C)c(C)n2)C1. The Morgan fingerprint density at radius 3 is 2.78 bits per heavy atom. The Hall–Kier alpha value is -1.05. The lowest BCUT2D eigenvalue weighted by molar-refractivity contribution is 0.529. The molecule has 1 atom stereocenters. The number of pyridine rings is 1. The Labute approximate surface area is 111 Å². The van der Waals surface area contributed by atoms with Gasteiger partial charge in [-0.15, -0.1) is 0 Å². The summed E-state index contributed by atoms with van der Waals surface area (Å²) < 4.78 is 0. The monoisotopic (exact) mass is 246 g/mol. The molecule has 2 heteroatoms. The van der Waals surface area contributed by atoms with E-state index in [0.29, 0.717) is 5.92 Å². The third-order valence-corrected chi connectivity index (χ3v) is 4.04. The van der Waals surface area contributed by atoms with Gasteiger partial charge in [0.1, 0.15) is 5.82 Å². The van der Waals surface area contributed by atoms with Crippen molar-refractivity contribution in [2.24, 2.45) is 5.92 Å². The molecule has 2 rings (SSSR count). The molecule has 1 aromatic rings. The van der Waals surface area contributed by atoms with E-state index < -0.39 is 0 Å². The van der Waals surface area contributed by atoms with Gasteiger partial charge in [-0.05, 0) is 43.2 Å². The van der Waals surface area contributed by atoms with Crippen molar-refractivity contribution in [2.75, 3.05) is 18.0 Å². The average Bonchev–Trinajstić information content (AvgIpc) is 2.77. The van der Waals surface area contributed by atoms with Crippen LogP contribution in [0.25, 0.3) is 0 Å². The minimum atomic E-state index is 0.568. The van der Waals surface area contributed by atoms with Crippen molar-refractivity contribution < 1.29 is 0 Å². The largest absolute Gasteiger partial charge is 0.356 e. The molecule has 0 amide bonds. The molecule has 100 valence electrons. The summed E-state index contributed by atoms with van der Waals surface area (Å²) in [6.45, 7) is 11.3. The summed E-state index contributed by atoms with van der Waals surface area (Å²) >= 11 is 0. The quantitative estimate of drug-likeness (QED) is 0.793. The zero-order valence-electron chi connectivity index (χ0n) is 12.2. The predicted octanol–water partition coefficient (Wildman–Crippen LogP) is 4.14. The van der Waals surface area contributed by atoms with Crippen LogP contribution in [0.15, 0.2) is 12.1 Å². The van der Waals surface area contributed by atoms with Crippen molar-refractivity contribution >= 4 is 5.82 Å². The number of aryl methyl sites for hydroxylation is 1. The molecule has 0 bridgehead atoms. The molecular weight excluding hydrogens is 220 g/mol. The molecule has 1 unspecified atom stereocenters. The molecule has 0 aromatic carbocycles. The maximum atomic E-state index is 4.80. The van der Waals surface area contributed by atoms with Crippen LogP contribution in [-0.2, 0) is 0 Å². The van der Waals surface area contributed by atoms with Gasteiger partial charge >= 0.3 is 0 Å². The normalized spacial score (nSPS) is 19.8. The van der Waals surface area contributed by atoms with Crippen LogP contribution < -0.4 is 4.90 Å². The second-order valence-corrected chi connectivity index (χ2v) is 5.89. The van der Waals surface area contributed by atoms with Gasteiger partial charge in [-0.2, -0.15) is 0 Å². The Morgan fingerprint density at radius 1 is 1.39 bits per heavy atom. The van der Waals surface area contributed by atoms with Gasteiger partial charge in [0.15, 0.2) is 0 Å². The van der Waals surface area contributed by atoms with Gasteiger partial charge in [0, 0.05) is 18.8 Å². The third kappa shape index (κ3) is 2.85. The number of nitrogens with zero attached hydrogens (tertiary/aromatic N) is 2. The molecule has 0 aliphatic carbocycles. The molecule has 1 aliphatic rings. The molecule has 2 heterocycles. The van der Waals surface area contributed by atoms with Crippen molar-refractivity contribution in [2.45, 2.75) is 52.9 Å². The Balaban J connectivity index is 2.09. The van der Waals surface area contributed by atoms with E-state index in [1.807, 2.05) is 0 Å². The molecule has 1 aromatic heterocycles. The fourth-order valence-electron chi connectivity index (χ4n) is 3.03. The Kier molecular flexibility index (Phi) is 4.26. The second kappa shape index (κ2) is 5.73. The van der Waals surface area contributed by atoms with Crippen molar-refractivity contribution in [3.63, 3.8) is 0 Å². The molecular formula is C16H26N2. The van der Waals surface area contributed by atoms with Crippen LogP contribution in [0.3, 0.4) is 0 Å². The van der Waals surface area contributed by atoms with Gasteiger partial charge in [-0.25, -0.2) is 4.98 Å². The highest BCUT2D eigenvalue weighted by molar-refractivity contribution is 5.43. The van der Waals surface area contributed by atoms with Crippen LogP contribution in [0.1, 0.15) is 57.2 Å². The molecule has 0 saturated carbocycles. The summed E-state index contributed by atoms with van der Waals surface area (Å²) in [5.41, 5.74) is 2.57. The molecule has 1 aliphatic heterocycles. The summed E-state index contributed by atoms with van der Waals surface area (Å²) in [4.78, 5) is 7.25. The first-order valence-electron chi connectivity index (χ1n) is 7.34. The highest BCUT2D eigenvalue weighted by Crippen LogP contribution is 2.27. The molecule has 0 N–H and O–H groups in total. The van der Waals surface area contributed by atoms with Gasteiger partial charge < -0.3 is 4.90 Å². The molecule has 1 fully saturated rings. The fraction of sp³-hybridized carbons (Fsp3) is 0.688. The van der Waals surface area contributed by atoms with Gasteiger partial charge in [0.05, 0.1) is 0 Å². The zero-order chi connectivity index (χ0) is 13.1. The minimum Gasteiger partial charge on any atom is -0.356 e. The van der Waals surface area contributed by atoms with E-state index in [9.17, 15) is 0 Å². The second-order valence-electron chi connectivity index (χ2n) is 5.89. The lowest BCUT2D eigenvalue weighted by Gasteiger charge is -2.19. The Bertz CT molecular complexity index is 398. The van der Waals surface area contributed by atoms with Crippen LogP contribution in [0, 0.1) is 12.8 Å². The maximum absolute atomic E-state index is 4.80. The standard InChI is InChI=1S/C16H26N2/c1-5-6-14-9-10-18(11-14)16-8-7-15(12(2)3)13(4)17-16/h7-8,12,14H,5-6,9-11H2,1-4H3. The zero-order valence-corrected chi connectivity index (χ0v) is 12.2. The van der Waals surface area contributed by atoms with Crippen molar-refractivity contribution in [3.05, 3.63) is 23.4 Å².